The van der Waals surface area contributed by atoms with Gasteiger partial charge in [-0.05, 0) is 44.0 Å². The lowest BCUT2D eigenvalue weighted by atomic mass is 10.3. The van der Waals surface area contributed by atoms with Crippen LogP contribution < -0.4 is 5.32 Å². The molecule has 6 heteroatoms. The number of anilines is 1. The predicted octanol–water partition coefficient (Wildman–Crippen LogP) is 2.12. The minimum absolute atomic E-state index is 0.0987. The van der Waals surface area contributed by atoms with E-state index in [1.165, 1.54) is 6.07 Å². The Kier molecular flexibility index (Phi) is 4.98. The normalized spacial score (nSPS) is 12.6. The van der Waals surface area contributed by atoms with Gasteiger partial charge in [0.05, 0.1) is 18.4 Å². The van der Waals surface area contributed by atoms with E-state index >= 15 is 0 Å². The molecule has 0 bridgehead atoms. The lowest BCUT2D eigenvalue weighted by Crippen LogP contribution is -2.23. The second-order valence-corrected chi connectivity index (χ2v) is 4.67. The SMILES string of the molecule is OCC(O)CNc1cc(Br)c(Br)cc1F. The summed E-state index contributed by atoms with van der Waals surface area (Å²) in [6, 6.07) is 2.88. The summed E-state index contributed by atoms with van der Waals surface area (Å²) in [4.78, 5) is 0. The van der Waals surface area contributed by atoms with Gasteiger partial charge in [0.15, 0.2) is 0 Å². The van der Waals surface area contributed by atoms with Gasteiger partial charge in [0.25, 0.3) is 0 Å². The minimum Gasteiger partial charge on any atom is -0.394 e. The molecule has 0 spiro atoms. The average molecular weight is 343 g/mol. The zero-order valence-corrected chi connectivity index (χ0v) is 10.8. The summed E-state index contributed by atoms with van der Waals surface area (Å²) in [5.41, 5.74) is 0.276. The number of hydrogen-bond acceptors (Lipinski definition) is 3. The Morgan fingerprint density at radius 2 is 1.93 bits per heavy atom. The van der Waals surface area contributed by atoms with Crippen LogP contribution in [0.15, 0.2) is 21.1 Å². The zero-order chi connectivity index (χ0) is 11.4. The van der Waals surface area contributed by atoms with Crippen LogP contribution in [-0.4, -0.2) is 29.5 Å². The minimum atomic E-state index is -0.896. The lowest BCUT2D eigenvalue weighted by molar-refractivity contribution is 0.105. The first-order valence-electron chi connectivity index (χ1n) is 4.22. The number of nitrogens with one attached hydrogen (secondary N) is 1. The topological polar surface area (TPSA) is 52.5 Å². The highest BCUT2D eigenvalue weighted by atomic mass is 79.9. The molecule has 1 unspecified atom stereocenters. The van der Waals surface area contributed by atoms with Crippen LogP contribution in [0.25, 0.3) is 0 Å². The molecule has 3 N–H and O–H groups in total. The quantitative estimate of drug-likeness (QED) is 0.735. The summed E-state index contributed by atoms with van der Waals surface area (Å²) in [5, 5.41) is 20.4. The van der Waals surface area contributed by atoms with E-state index in [0.29, 0.717) is 8.95 Å². The first kappa shape index (κ1) is 12.9. The highest BCUT2D eigenvalue weighted by Crippen LogP contribution is 2.28. The van der Waals surface area contributed by atoms with Crippen LogP contribution in [0.5, 0.6) is 0 Å². The number of hydrogen-bond donors (Lipinski definition) is 3. The summed E-state index contributed by atoms with van der Waals surface area (Å²) in [5.74, 6) is -0.421. The van der Waals surface area contributed by atoms with Gasteiger partial charge in [0.2, 0.25) is 0 Å². The fourth-order valence-electron chi connectivity index (χ4n) is 0.950. The number of halogens is 3. The van der Waals surface area contributed by atoms with E-state index in [1.807, 2.05) is 0 Å². The highest BCUT2D eigenvalue weighted by Gasteiger charge is 2.08. The van der Waals surface area contributed by atoms with E-state index in [2.05, 4.69) is 37.2 Å². The maximum absolute atomic E-state index is 13.3. The van der Waals surface area contributed by atoms with E-state index in [-0.39, 0.29) is 18.8 Å². The smallest absolute Gasteiger partial charge is 0.147 e. The van der Waals surface area contributed by atoms with Gasteiger partial charge in [-0.2, -0.15) is 0 Å². The summed E-state index contributed by atoms with van der Waals surface area (Å²) in [6.45, 7) is -0.256. The van der Waals surface area contributed by atoms with Gasteiger partial charge in [-0.15, -0.1) is 0 Å². The van der Waals surface area contributed by atoms with Gasteiger partial charge in [-0.1, -0.05) is 0 Å². The monoisotopic (exact) mass is 341 g/mol. The maximum atomic E-state index is 13.3. The van der Waals surface area contributed by atoms with Crippen molar-refractivity contribution in [3.05, 3.63) is 26.9 Å². The Hall–Kier alpha value is -0.170. The molecule has 0 aromatic heterocycles. The fourth-order valence-corrected chi connectivity index (χ4v) is 1.61. The summed E-state index contributed by atoms with van der Waals surface area (Å²) in [6.07, 6.45) is -0.896. The molecule has 0 heterocycles. The molecule has 0 aliphatic carbocycles. The van der Waals surface area contributed by atoms with Crippen molar-refractivity contribution in [2.45, 2.75) is 6.10 Å². The Morgan fingerprint density at radius 1 is 1.33 bits per heavy atom. The van der Waals surface area contributed by atoms with E-state index in [1.54, 1.807) is 6.07 Å². The third kappa shape index (κ3) is 3.71. The molecule has 0 saturated carbocycles. The second-order valence-electron chi connectivity index (χ2n) is 2.96. The van der Waals surface area contributed by atoms with Gasteiger partial charge < -0.3 is 15.5 Å². The van der Waals surface area contributed by atoms with Crippen molar-refractivity contribution in [2.24, 2.45) is 0 Å². The molecule has 0 aliphatic rings. The second kappa shape index (κ2) is 5.79. The fraction of sp³-hybridized carbons (Fsp3) is 0.333. The lowest BCUT2D eigenvalue weighted by Gasteiger charge is -2.11. The largest absolute Gasteiger partial charge is 0.394 e. The van der Waals surface area contributed by atoms with Crippen LogP contribution in [0.1, 0.15) is 0 Å². The van der Waals surface area contributed by atoms with Gasteiger partial charge in [-0.3, -0.25) is 0 Å². The molecule has 84 valence electrons. The third-order valence-corrected chi connectivity index (χ3v) is 3.59. The van der Waals surface area contributed by atoms with Gasteiger partial charge in [0, 0.05) is 15.5 Å². The standard InChI is InChI=1S/C9H10Br2FNO2/c10-6-1-8(12)9(2-7(6)11)13-3-5(15)4-14/h1-2,5,13-15H,3-4H2. The summed E-state index contributed by atoms with van der Waals surface area (Å²) in [7, 11) is 0. The molecular formula is C9H10Br2FNO2. The third-order valence-electron chi connectivity index (χ3n) is 1.75. The van der Waals surface area contributed by atoms with Crippen molar-refractivity contribution in [3.63, 3.8) is 0 Å². The van der Waals surface area contributed by atoms with E-state index in [4.69, 9.17) is 10.2 Å². The maximum Gasteiger partial charge on any atom is 0.147 e. The first-order chi connectivity index (χ1) is 7.04. The van der Waals surface area contributed by atoms with Crippen LogP contribution in [0.4, 0.5) is 10.1 Å². The molecule has 0 radical (unpaired) electrons. The molecule has 0 amide bonds. The molecule has 0 fully saturated rings. The molecule has 1 atom stereocenters. The molecule has 1 rings (SSSR count). The van der Waals surface area contributed by atoms with Crippen LogP contribution in [-0.2, 0) is 0 Å². The van der Waals surface area contributed by atoms with Crippen LogP contribution in [0.3, 0.4) is 0 Å². The highest BCUT2D eigenvalue weighted by molar-refractivity contribution is 9.13. The van der Waals surface area contributed by atoms with Crippen molar-refractivity contribution in [1.29, 1.82) is 0 Å². The molecular weight excluding hydrogens is 333 g/mol. The summed E-state index contributed by atoms with van der Waals surface area (Å²) >= 11 is 6.41. The van der Waals surface area contributed by atoms with E-state index < -0.39 is 11.9 Å². The Balaban J connectivity index is 2.73. The molecule has 15 heavy (non-hydrogen) atoms. The molecule has 0 saturated heterocycles. The summed E-state index contributed by atoms with van der Waals surface area (Å²) < 4.78 is 14.7. The van der Waals surface area contributed by atoms with Crippen molar-refractivity contribution in [2.75, 3.05) is 18.5 Å². The number of rotatable bonds is 4. The average Bonchev–Trinajstić information content (AvgIpc) is 2.21. The van der Waals surface area contributed by atoms with Gasteiger partial charge in [0.1, 0.15) is 5.82 Å². The van der Waals surface area contributed by atoms with E-state index in [9.17, 15) is 4.39 Å². The van der Waals surface area contributed by atoms with Crippen LogP contribution in [0, 0.1) is 5.82 Å². The number of benzene rings is 1. The van der Waals surface area contributed by atoms with Crippen molar-refractivity contribution < 1.29 is 14.6 Å². The van der Waals surface area contributed by atoms with Crippen molar-refractivity contribution in [1.82, 2.24) is 0 Å². The molecule has 3 nitrogen and oxygen atoms in total. The molecule has 1 aromatic rings. The predicted molar refractivity (Wildman–Crippen MR) is 63.4 cm³/mol. The van der Waals surface area contributed by atoms with Gasteiger partial charge >= 0.3 is 0 Å². The first-order valence-corrected chi connectivity index (χ1v) is 5.80. The van der Waals surface area contributed by atoms with Crippen molar-refractivity contribution in [3.8, 4) is 0 Å². The number of aliphatic hydroxyl groups is 2. The molecule has 1 aromatic carbocycles. The number of aliphatic hydroxyl groups excluding tert-OH is 2. The van der Waals surface area contributed by atoms with E-state index in [0.717, 1.165) is 0 Å². The Morgan fingerprint density at radius 3 is 2.53 bits per heavy atom. The van der Waals surface area contributed by atoms with Crippen LogP contribution >= 0.6 is 31.9 Å². The molecule has 0 aliphatic heterocycles. The zero-order valence-electron chi connectivity index (χ0n) is 7.67. The Bertz CT molecular complexity index is 349. The van der Waals surface area contributed by atoms with Gasteiger partial charge in [-0.25, -0.2) is 4.39 Å². The van der Waals surface area contributed by atoms with Crippen molar-refractivity contribution >= 4 is 37.5 Å². The van der Waals surface area contributed by atoms with Crippen LogP contribution in [0.2, 0.25) is 0 Å². The Labute approximate surface area is 104 Å².